The molecule has 0 aliphatic heterocycles. The average molecular weight is 527 g/mol. The molecule has 37 heavy (non-hydrogen) atoms. The Balaban J connectivity index is 1.67. The molecule has 1 amide bonds. The number of hydrogen-bond donors (Lipinski definition) is 0. The maximum atomic E-state index is 13.5. The minimum Gasteiger partial charge on any atom is -0.335 e. The van der Waals surface area contributed by atoms with Crippen LogP contribution < -0.4 is 0 Å². The number of sulfone groups is 1. The Hall–Kier alpha value is -3.04. The van der Waals surface area contributed by atoms with Crippen LogP contribution in [-0.4, -0.2) is 60.9 Å². The van der Waals surface area contributed by atoms with E-state index in [0.717, 1.165) is 31.2 Å². The quantitative estimate of drug-likeness (QED) is 0.376. The highest BCUT2D eigenvalue weighted by Gasteiger charge is 2.30. The maximum absolute atomic E-state index is 13.5. The van der Waals surface area contributed by atoms with Gasteiger partial charge in [-0.25, -0.2) is 17.8 Å². The molecule has 0 saturated heterocycles. The topological polar surface area (TPSA) is 75.5 Å². The Morgan fingerprint density at radius 1 is 1.00 bits per heavy atom. The first-order valence-electron chi connectivity index (χ1n) is 12.7. The fourth-order valence-electron chi connectivity index (χ4n) is 4.78. The van der Waals surface area contributed by atoms with Gasteiger partial charge in [0.15, 0.2) is 0 Å². The molecule has 0 bridgehead atoms. The van der Waals surface area contributed by atoms with Gasteiger partial charge in [-0.3, -0.25) is 4.79 Å². The molecule has 1 aliphatic carbocycles. The normalized spacial score (nSPS) is 14.4. The number of aromatic nitrogens is 2. The number of rotatable bonds is 11. The molecule has 3 aromatic rings. The summed E-state index contributed by atoms with van der Waals surface area (Å²) in [5.41, 5.74) is 2.09. The zero-order chi connectivity index (χ0) is 26.4. The number of benzene rings is 2. The van der Waals surface area contributed by atoms with Crippen molar-refractivity contribution in [2.75, 3.05) is 27.2 Å². The molecule has 0 spiro atoms. The van der Waals surface area contributed by atoms with E-state index in [1.54, 1.807) is 10.8 Å². The lowest BCUT2D eigenvalue weighted by molar-refractivity contribution is -0.136. The number of likely N-dealkylation sites (N-methyl/N-ethyl adjacent to an activating group) is 1. The lowest BCUT2D eigenvalue weighted by atomic mass is 10.1. The van der Waals surface area contributed by atoms with Crippen LogP contribution >= 0.6 is 0 Å². The van der Waals surface area contributed by atoms with Gasteiger partial charge < -0.3 is 14.4 Å². The first kappa shape index (κ1) is 27.0. The highest BCUT2D eigenvalue weighted by atomic mass is 32.2. The van der Waals surface area contributed by atoms with Crippen molar-refractivity contribution in [1.82, 2.24) is 19.4 Å². The molecular weight excluding hydrogens is 491 g/mol. The molecule has 0 N–H and O–H groups in total. The molecule has 1 saturated carbocycles. The SMILES string of the molecule is CN(C)CCN(Cc1cnc(S(=O)(=O)Cc2ccc(F)cc2)n1Cc1ccccc1)C(=O)C1CCCC1. The van der Waals surface area contributed by atoms with Crippen molar-refractivity contribution >= 4 is 15.7 Å². The Bertz CT molecular complexity index is 1280. The predicted octanol–water partition coefficient (Wildman–Crippen LogP) is 4.12. The number of halogens is 1. The maximum Gasteiger partial charge on any atom is 0.228 e. The number of carbonyl (C=O) groups excluding carboxylic acids is 1. The largest absolute Gasteiger partial charge is 0.335 e. The minimum absolute atomic E-state index is 0.0225. The standard InChI is InChI=1S/C28H35FN4O3S/c1-31(2)16-17-32(27(34)24-10-6-7-11-24)20-26-18-30-28(33(26)19-22-8-4-3-5-9-22)37(35,36)21-23-12-14-25(29)15-13-23/h3-5,8-9,12-15,18,24H,6-7,10-11,16-17,19-21H2,1-2H3. The van der Waals surface area contributed by atoms with Crippen molar-refractivity contribution in [2.45, 2.75) is 49.7 Å². The number of imidazole rings is 1. The van der Waals surface area contributed by atoms with Gasteiger partial charge in [0, 0.05) is 19.0 Å². The van der Waals surface area contributed by atoms with Gasteiger partial charge in [0.25, 0.3) is 0 Å². The van der Waals surface area contributed by atoms with Crippen LogP contribution in [0.5, 0.6) is 0 Å². The minimum atomic E-state index is -3.84. The van der Waals surface area contributed by atoms with Crippen molar-refractivity contribution in [1.29, 1.82) is 0 Å². The van der Waals surface area contributed by atoms with Crippen molar-refractivity contribution < 1.29 is 17.6 Å². The van der Waals surface area contributed by atoms with Gasteiger partial charge in [-0.05, 0) is 50.2 Å². The number of hydrogen-bond acceptors (Lipinski definition) is 5. The third-order valence-electron chi connectivity index (χ3n) is 6.82. The lowest BCUT2D eigenvalue weighted by Crippen LogP contribution is -2.39. The highest BCUT2D eigenvalue weighted by molar-refractivity contribution is 7.90. The smallest absolute Gasteiger partial charge is 0.228 e. The van der Waals surface area contributed by atoms with Crippen LogP contribution in [-0.2, 0) is 33.5 Å². The van der Waals surface area contributed by atoms with Crippen LogP contribution in [0.2, 0.25) is 0 Å². The van der Waals surface area contributed by atoms with Crippen molar-refractivity contribution in [3.05, 3.63) is 83.4 Å². The van der Waals surface area contributed by atoms with E-state index < -0.39 is 15.7 Å². The molecule has 1 fully saturated rings. The van der Waals surface area contributed by atoms with E-state index in [9.17, 15) is 17.6 Å². The fourth-order valence-corrected chi connectivity index (χ4v) is 6.27. The first-order chi connectivity index (χ1) is 17.7. The second-order valence-electron chi connectivity index (χ2n) is 10.0. The van der Waals surface area contributed by atoms with Gasteiger partial charge in [0.05, 0.1) is 30.7 Å². The number of nitrogens with zero attached hydrogens (tertiary/aromatic N) is 4. The molecule has 1 aliphatic rings. The fraction of sp³-hybridized carbons (Fsp3) is 0.429. The van der Waals surface area contributed by atoms with E-state index in [0.29, 0.717) is 30.9 Å². The first-order valence-corrected chi connectivity index (χ1v) is 14.4. The summed E-state index contributed by atoms with van der Waals surface area (Å²) in [7, 11) is 0.105. The van der Waals surface area contributed by atoms with Gasteiger partial charge >= 0.3 is 0 Å². The molecule has 4 rings (SSSR count). The molecule has 2 aromatic carbocycles. The van der Waals surface area contributed by atoms with Crippen LogP contribution in [0.15, 0.2) is 66.0 Å². The Labute approximate surface area is 218 Å². The van der Waals surface area contributed by atoms with E-state index >= 15 is 0 Å². The molecule has 0 radical (unpaired) electrons. The summed E-state index contributed by atoms with van der Waals surface area (Å²) >= 11 is 0. The van der Waals surface area contributed by atoms with Crippen LogP contribution in [0.25, 0.3) is 0 Å². The van der Waals surface area contributed by atoms with Crippen molar-refractivity contribution in [3.8, 4) is 0 Å². The molecule has 0 unspecified atom stereocenters. The zero-order valence-corrected chi connectivity index (χ0v) is 22.3. The summed E-state index contributed by atoms with van der Waals surface area (Å²) < 4.78 is 42.1. The van der Waals surface area contributed by atoms with Crippen LogP contribution in [0.4, 0.5) is 4.39 Å². The van der Waals surface area contributed by atoms with Gasteiger partial charge in [-0.15, -0.1) is 0 Å². The summed E-state index contributed by atoms with van der Waals surface area (Å²) in [6, 6.07) is 15.1. The van der Waals surface area contributed by atoms with Gasteiger partial charge in [0.2, 0.25) is 20.9 Å². The molecule has 0 atom stereocenters. The highest BCUT2D eigenvalue weighted by Crippen LogP contribution is 2.28. The summed E-state index contributed by atoms with van der Waals surface area (Å²) in [6.07, 6.45) is 5.51. The Kier molecular flexibility index (Phi) is 8.76. The molecule has 9 heteroatoms. The summed E-state index contributed by atoms with van der Waals surface area (Å²) in [5.74, 6) is -0.556. The van der Waals surface area contributed by atoms with Gasteiger partial charge in [0.1, 0.15) is 5.82 Å². The third-order valence-corrected chi connectivity index (χ3v) is 8.41. The van der Waals surface area contributed by atoms with Gasteiger partial charge in [-0.2, -0.15) is 0 Å². The number of carbonyl (C=O) groups is 1. The predicted molar refractivity (Wildman–Crippen MR) is 141 cm³/mol. The van der Waals surface area contributed by atoms with Crippen LogP contribution in [0, 0.1) is 11.7 Å². The van der Waals surface area contributed by atoms with Crippen LogP contribution in [0.1, 0.15) is 42.5 Å². The van der Waals surface area contributed by atoms with Crippen molar-refractivity contribution in [2.24, 2.45) is 5.92 Å². The molecule has 1 aromatic heterocycles. The number of amides is 1. The molecule has 7 nitrogen and oxygen atoms in total. The second kappa shape index (κ2) is 12.0. The second-order valence-corrected chi connectivity index (χ2v) is 11.9. The van der Waals surface area contributed by atoms with Crippen LogP contribution in [0.3, 0.4) is 0 Å². The lowest BCUT2D eigenvalue weighted by Gasteiger charge is -2.27. The van der Waals surface area contributed by atoms with Gasteiger partial charge in [-0.1, -0.05) is 55.3 Å². The third kappa shape index (κ3) is 7.05. The molecular formula is C28H35FN4O3S. The summed E-state index contributed by atoms with van der Waals surface area (Å²) in [4.78, 5) is 21.7. The van der Waals surface area contributed by atoms with E-state index in [2.05, 4.69) is 4.98 Å². The monoisotopic (exact) mass is 526 g/mol. The van der Waals surface area contributed by atoms with E-state index in [1.807, 2.05) is 54.2 Å². The average Bonchev–Trinajstić information content (AvgIpc) is 3.54. The van der Waals surface area contributed by atoms with E-state index in [-0.39, 0.29) is 29.3 Å². The summed E-state index contributed by atoms with van der Waals surface area (Å²) in [6.45, 7) is 1.86. The Morgan fingerprint density at radius 2 is 1.68 bits per heavy atom. The van der Waals surface area contributed by atoms with E-state index in [1.165, 1.54) is 24.3 Å². The van der Waals surface area contributed by atoms with Crippen molar-refractivity contribution in [3.63, 3.8) is 0 Å². The zero-order valence-electron chi connectivity index (χ0n) is 21.5. The van der Waals surface area contributed by atoms with E-state index in [4.69, 9.17) is 0 Å². The summed E-state index contributed by atoms with van der Waals surface area (Å²) in [5, 5.41) is -0.0449. The molecule has 1 heterocycles. The Morgan fingerprint density at radius 3 is 2.32 bits per heavy atom. The molecule has 198 valence electrons.